The minimum absolute atomic E-state index is 0.136. The molecule has 1 heterocycles. The molecule has 0 bridgehead atoms. The first-order valence-electron chi connectivity index (χ1n) is 6.09. The molecule has 0 spiro atoms. The largest absolute Gasteiger partial charge is 0.409 e. The van der Waals surface area contributed by atoms with Crippen LogP contribution in [-0.2, 0) is 13.0 Å². The van der Waals surface area contributed by atoms with E-state index in [0.29, 0.717) is 0 Å². The van der Waals surface area contributed by atoms with Gasteiger partial charge in [-0.05, 0) is 23.4 Å². The molecule has 0 atom stereocenters. The number of nitrogens with zero attached hydrogens (tertiary/aromatic N) is 1. The second kappa shape index (κ2) is 6.92. The van der Waals surface area contributed by atoms with Crippen molar-refractivity contribution in [2.45, 2.75) is 13.0 Å². The lowest BCUT2D eigenvalue weighted by molar-refractivity contribution is 0.318. The van der Waals surface area contributed by atoms with Crippen molar-refractivity contribution < 1.29 is 5.21 Å². The van der Waals surface area contributed by atoms with Crippen molar-refractivity contribution in [1.82, 2.24) is 5.32 Å². The van der Waals surface area contributed by atoms with Gasteiger partial charge in [0, 0.05) is 23.5 Å². The summed E-state index contributed by atoms with van der Waals surface area (Å²) in [6, 6.07) is 11.9. The minimum Gasteiger partial charge on any atom is -0.409 e. The summed E-state index contributed by atoms with van der Waals surface area (Å²) >= 11 is 1.79. The third-order valence-corrected chi connectivity index (χ3v) is 3.75. The minimum atomic E-state index is 0.136. The van der Waals surface area contributed by atoms with E-state index in [4.69, 9.17) is 10.9 Å². The molecule has 2 aromatic rings. The van der Waals surface area contributed by atoms with Crippen LogP contribution in [0.5, 0.6) is 0 Å². The van der Waals surface area contributed by atoms with Crippen molar-refractivity contribution in [3.8, 4) is 0 Å². The highest BCUT2D eigenvalue weighted by atomic mass is 32.1. The van der Waals surface area contributed by atoms with Crippen LogP contribution in [0.25, 0.3) is 0 Å². The molecule has 0 radical (unpaired) electrons. The zero-order valence-corrected chi connectivity index (χ0v) is 11.4. The SMILES string of the molecule is NC(=NO)c1ccc(CNCCc2cccs2)cc1. The fourth-order valence-electron chi connectivity index (χ4n) is 1.75. The second-order valence-electron chi connectivity index (χ2n) is 4.19. The molecule has 1 aromatic carbocycles. The molecule has 2 rings (SSSR count). The number of nitrogens with one attached hydrogen (secondary N) is 1. The first-order valence-corrected chi connectivity index (χ1v) is 6.97. The van der Waals surface area contributed by atoms with Gasteiger partial charge in [-0.2, -0.15) is 0 Å². The smallest absolute Gasteiger partial charge is 0.170 e. The third-order valence-electron chi connectivity index (χ3n) is 2.81. The van der Waals surface area contributed by atoms with Gasteiger partial charge in [0.25, 0.3) is 0 Å². The lowest BCUT2D eigenvalue weighted by Crippen LogP contribution is -2.17. The van der Waals surface area contributed by atoms with E-state index >= 15 is 0 Å². The van der Waals surface area contributed by atoms with Gasteiger partial charge in [0.05, 0.1) is 0 Å². The summed E-state index contributed by atoms with van der Waals surface area (Å²) in [6.45, 7) is 1.78. The molecular weight excluding hydrogens is 258 g/mol. The summed E-state index contributed by atoms with van der Waals surface area (Å²) in [5.41, 5.74) is 7.41. The van der Waals surface area contributed by atoms with E-state index in [1.54, 1.807) is 11.3 Å². The molecule has 0 aliphatic carbocycles. The van der Waals surface area contributed by atoms with Gasteiger partial charge < -0.3 is 16.3 Å². The average molecular weight is 275 g/mol. The predicted octanol–water partition coefficient (Wildman–Crippen LogP) is 2.17. The van der Waals surface area contributed by atoms with Gasteiger partial charge in [-0.25, -0.2) is 0 Å². The Balaban J connectivity index is 1.77. The van der Waals surface area contributed by atoms with Gasteiger partial charge in [-0.15, -0.1) is 11.3 Å². The summed E-state index contributed by atoms with van der Waals surface area (Å²) in [4.78, 5) is 1.40. The maximum atomic E-state index is 8.57. The maximum Gasteiger partial charge on any atom is 0.170 e. The number of hydrogen-bond acceptors (Lipinski definition) is 4. The monoisotopic (exact) mass is 275 g/mol. The molecular formula is C14H17N3OS. The molecule has 0 fully saturated rings. The Morgan fingerprint density at radius 3 is 2.68 bits per heavy atom. The van der Waals surface area contributed by atoms with Gasteiger partial charge in [0.2, 0.25) is 0 Å². The van der Waals surface area contributed by atoms with Crippen LogP contribution in [0.15, 0.2) is 46.9 Å². The van der Waals surface area contributed by atoms with Crippen molar-refractivity contribution in [1.29, 1.82) is 0 Å². The first-order chi connectivity index (χ1) is 9.29. The zero-order valence-electron chi connectivity index (χ0n) is 10.5. The Hall–Kier alpha value is -1.85. The number of hydrogen-bond donors (Lipinski definition) is 3. The van der Waals surface area contributed by atoms with Crippen LogP contribution < -0.4 is 11.1 Å². The molecule has 0 aliphatic rings. The lowest BCUT2D eigenvalue weighted by Gasteiger charge is -2.05. The number of thiophene rings is 1. The molecule has 0 saturated carbocycles. The fourth-order valence-corrected chi connectivity index (χ4v) is 2.46. The lowest BCUT2D eigenvalue weighted by atomic mass is 10.1. The van der Waals surface area contributed by atoms with E-state index in [2.05, 4.69) is 28.0 Å². The van der Waals surface area contributed by atoms with Gasteiger partial charge in [-0.1, -0.05) is 35.5 Å². The Labute approximate surface area is 116 Å². The fraction of sp³-hybridized carbons (Fsp3) is 0.214. The van der Waals surface area contributed by atoms with Gasteiger partial charge in [0.15, 0.2) is 5.84 Å². The summed E-state index contributed by atoms with van der Waals surface area (Å²) in [5.74, 6) is 0.136. The highest BCUT2D eigenvalue weighted by Crippen LogP contribution is 2.08. The Morgan fingerprint density at radius 2 is 2.05 bits per heavy atom. The second-order valence-corrected chi connectivity index (χ2v) is 5.22. The molecule has 0 unspecified atom stereocenters. The van der Waals surface area contributed by atoms with Gasteiger partial charge in [0.1, 0.15) is 0 Å². The molecule has 0 aliphatic heterocycles. The van der Waals surface area contributed by atoms with E-state index in [0.717, 1.165) is 25.1 Å². The highest BCUT2D eigenvalue weighted by molar-refractivity contribution is 7.09. The van der Waals surface area contributed by atoms with Crippen molar-refractivity contribution in [2.75, 3.05) is 6.54 Å². The van der Waals surface area contributed by atoms with Gasteiger partial charge >= 0.3 is 0 Å². The average Bonchev–Trinajstić information content (AvgIpc) is 2.96. The maximum absolute atomic E-state index is 8.57. The number of oxime groups is 1. The van der Waals surface area contributed by atoms with E-state index < -0.39 is 0 Å². The van der Waals surface area contributed by atoms with Crippen LogP contribution in [0.4, 0.5) is 0 Å². The first kappa shape index (κ1) is 13.6. The quantitative estimate of drug-likeness (QED) is 0.249. The Bertz CT molecular complexity index is 520. The van der Waals surface area contributed by atoms with Crippen molar-refractivity contribution in [3.05, 3.63) is 57.8 Å². The summed E-state index contributed by atoms with van der Waals surface area (Å²) in [6.07, 6.45) is 1.06. The highest BCUT2D eigenvalue weighted by Gasteiger charge is 1.99. The Kier molecular flexibility index (Phi) is 4.94. The molecule has 100 valence electrons. The van der Waals surface area contributed by atoms with Crippen molar-refractivity contribution >= 4 is 17.2 Å². The summed E-state index contributed by atoms with van der Waals surface area (Å²) < 4.78 is 0. The van der Waals surface area contributed by atoms with Crippen molar-refractivity contribution in [3.63, 3.8) is 0 Å². The van der Waals surface area contributed by atoms with E-state index in [-0.39, 0.29) is 5.84 Å². The molecule has 4 nitrogen and oxygen atoms in total. The number of nitrogens with two attached hydrogens (primary N) is 1. The van der Waals surface area contributed by atoms with E-state index in [9.17, 15) is 0 Å². The predicted molar refractivity (Wildman–Crippen MR) is 78.7 cm³/mol. The molecule has 1 aromatic heterocycles. The van der Waals surface area contributed by atoms with Crippen LogP contribution >= 0.6 is 11.3 Å². The van der Waals surface area contributed by atoms with Crippen LogP contribution in [0.2, 0.25) is 0 Å². The van der Waals surface area contributed by atoms with E-state index in [1.807, 2.05) is 24.3 Å². The molecule has 0 amide bonds. The van der Waals surface area contributed by atoms with Crippen LogP contribution in [0.3, 0.4) is 0 Å². The topological polar surface area (TPSA) is 70.6 Å². The number of benzene rings is 1. The Morgan fingerprint density at radius 1 is 1.26 bits per heavy atom. The van der Waals surface area contributed by atoms with Gasteiger partial charge in [-0.3, -0.25) is 0 Å². The molecule has 19 heavy (non-hydrogen) atoms. The third kappa shape index (κ3) is 4.08. The number of rotatable bonds is 6. The molecule has 4 N–H and O–H groups in total. The molecule has 5 heteroatoms. The summed E-state index contributed by atoms with van der Waals surface area (Å²) in [7, 11) is 0. The normalized spacial score (nSPS) is 11.7. The standard InChI is InChI=1S/C14H17N3OS/c15-14(17-18)12-5-3-11(4-6-12)10-16-8-7-13-2-1-9-19-13/h1-6,9,16,18H,7-8,10H2,(H2,15,17). The zero-order chi connectivity index (χ0) is 13.5. The number of amidine groups is 1. The van der Waals surface area contributed by atoms with Crippen LogP contribution in [-0.4, -0.2) is 17.6 Å². The van der Waals surface area contributed by atoms with E-state index in [1.165, 1.54) is 10.4 Å². The van der Waals surface area contributed by atoms with Crippen LogP contribution in [0.1, 0.15) is 16.0 Å². The molecule has 0 saturated heterocycles. The van der Waals surface area contributed by atoms with Crippen LogP contribution in [0, 0.1) is 0 Å². The van der Waals surface area contributed by atoms with Crippen molar-refractivity contribution in [2.24, 2.45) is 10.9 Å². The summed E-state index contributed by atoms with van der Waals surface area (Å²) in [5, 5.41) is 17.0.